The van der Waals surface area contributed by atoms with Crippen LogP contribution < -0.4 is 0 Å². The van der Waals surface area contributed by atoms with E-state index in [1.54, 1.807) is 0 Å². The lowest BCUT2D eigenvalue weighted by molar-refractivity contribution is 0.660. The van der Waals surface area contributed by atoms with Crippen LogP contribution in [0.4, 0.5) is 0 Å². The van der Waals surface area contributed by atoms with Crippen molar-refractivity contribution in [2.24, 2.45) is 5.92 Å². The molecule has 1 aromatic rings. The molecule has 0 spiro atoms. The van der Waals surface area contributed by atoms with Crippen LogP contribution in [-0.2, 0) is 6.42 Å². The summed E-state index contributed by atoms with van der Waals surface area (Å²) in [5.74, 6) is 0.730. The van der Waals surface area contributed by atoms with Crippen molar-refractivity contribution >= 4 is 11.3 Å². The second-order valence-corrected chi connectivity index (χ2v) is 4.12. The van der Waals surface area contributed by atoms with Gasteiger partial charge in [-0.2, -0.15) is 0 Å². The van der Waals surface area contributed by atoms with Gasteiger partial charge in [0.1, 0.15) is 0 Å². The molecule has 0 bridgehead atoms. The molecule has 12 heavy (non-hydrogen) atoms. The van der Waals surface area contributed by atoms with Gasteiger partial charge in [-0.1, -0.05) is 30.4 Å². The molecule has 1 heterocycles. The Labute approximate surface area is 77.2 Å². The highest BCUT2D eigenvalue weighted by Gasteiger charge is 2.06. The summed E-state index contributed by atoms with van der Waals surface area (Å²) in [5.41, 5.74) is 0. The molecule has 0 aliphatic heterocycles. The second kappa shape index (κ2) is 3.72. The maximum atomic E-state index is 2.31. The Morgan fingerprint density at radius 3 is 3.08 bits per heavy atom. The first kappa shape index (κ1) is 7.81. The van der Waals surface area contributed by atoms with Crippen molar-refractivity contribution in [1.82, 2.24) is 0 Å². The van der Waals surface area contributed by atoms with Gasteiger partial charge < -0.3 is 0 Å². The number of hydrogen-bond donors (Lipinski definition) is 0. The molecular formula is C11H12S. The predicted octanol–water partition coefficient (Wildman–Crippen LogP) is 3.42. The molecule has 0 saturated carbocycles. The van der Waals surface area contributed by atoms with E-state index in [1.807, 2.05) is 11.3 Å². The molecule has 1 aliphatic carbocycles. The van der Waals surface area contributed by atoms with Gasteiger partial charge in [-0.25, -0.2) is 0 Å². The number of allylic oxidation sites excluding steroid dienone is 4. The van der Waals surface area contributed by atoms with Crippen molar-refractivity contribution in [1.29, 1.82) is 0 Å². The maximum absolute atomic E-state index is 2.31. The molecule has 0 nitrogen and oxygen atoms in total. The van der Waals surface area contributed by atoms with Crippen molar-refractivity contribution in [2.45, 2.75) is 12.8 Å². The van der Waals surface area contributed by atoms with Crippen LogP contribution in [0.5, 0.6) is 0 Å². The SMILES string of the molecule is C1=CCC(Cc2cccs2)C=C1. The van der Waals surface area contributed by atoms with Gasteiger partial charge in [-0.15, -0.1) is 11.3 Å². The van der Waals surface area contributed by atoms with E-state index in [2.05, 4.69) is 41.8 Å². The molecule has 1 aliphatic rings. The highest BCUT2D eigenvalue weighted by Crippen LogP contribution is 2.20. The van der Waals surface area contributed by atoms with Crippen LogP contribution in [0.15, 0.2) is 41.8 Å². The van der Waals surface area contributed by atoms with E-state index in [9.17, 15) is 0 Å². The summed E-state index contributed by atoms with van der Waals surface area (Å²) < 4.78 is 0. The molecule has 1 unspecified atom stereocenters. The fourth-order valence-corrected chi connectivity index (χ4v) is 2.27. The largest absolute Gasteiger partial charge is 0.149 e. The summed E-state index contributed by atoms with van der Waals surface area (Å²) in [7, 11) is 0. The first-order valence-electron chi connectivity index (χ1n) is 4.31. The Bertz CT molecular complexity index is 280. The van der Waals surface area contributed by atoms with E-state index in [0.29, 0.717) is 0 Å². The van der Waals surface area contributed by atoms with E-state index < -0.39 is 0 Å². The minimum absolute atomic E-state index is 0.730. The lowest BCUT2D eigenvalue weighted by Crippen LogP contribution is -2.00. The predicted molar refractivity (Wildman–Crippen MR) is 54.4 cm³/mol. The molecule has 1 atom stereocenters. The monoisotopic (exact) mass is 176 g/mol. The van der Waals surface area contributed by atoms with Crippen LogP contribution in [0.2, 0.25) is 0 Å². The standard InChI is InChI=1S/C11H12S/c1-2-5-10(6-3-1)9-11-7-4-8-12-11/h1-5,7-8,10H,6,9H2. The molecule has 2 rings (SSSR count). The summed E-state index contributed by atoms with van der Waals surface area (Å²) in [4.78, 5) is 1.50. The molecule has 0 N–H and O–H groups in total. The topological polar surface area (TPSA) is 0 Å². The zero-order valence-electron chi connectivity index (χ0n) is 6.94. The molecule has 0 saturated heterocycles. The lowest BCUT2D eigenvalue weighted by Gasteiger charge is -2.10. The van der Waals surface area contributed by atoms with Gasteiger partial charge in [0.25, 0.3) is 0 Å². The fraction of sp³-hybridized carbons (Fsp3) is 0.273. The van der Waals surface area contributed by atoms with Gasteiger partial charge in [-0.3, -0.25) is 0 Å². The van der Waals surface area contributed by atoms with E-state index in [1.165, 1.54) is 17.7 Å². The molecule has 0 amide bonds. The van der Waals surface area contributed by atoms with Crippen molar-refractivity contribution in [2.75, 3.05) is 0 Å². The smallest absolute Gasteiger partial charge is 0.00511 e. The van der Waals surface area contributed by atoms with E-state index in [0.717, 1.165) is 5.92 Å². The van der Waals surface area contributed by atoms with Crippen molar-refractivity contribution in [3.05, 3.63) is 46.7 Å². The Hall–Kier alpha value is -0.820. The minimum Gasteiger partial charge on any atom is -0.149 e. The molecule has 0 radical (unpaired) electrons. The Kier molecular flexibility index (Phi) is 2.42. The average molecular weight is 176 g/mol. The van der Waals surface area contributed by atoms with Gasteiger partial charge in [-0.05, 0) is 30.2 Å². The van der Waals surface area contributed by atoms with E-state index in [4.69, 9.17) is 0 Å². The molecule has 0 aromatic carbocycles. The number of rotatable bonds is 2. The maximum Gasteiger partial charge on any atom is 0.00511 e. The highest BCUT2D eigenvalue weighted by molar-refractivity contribution is 7.09. The van der Waals surface area contributed by atoms with Crippen LogP contribution in [0.1, 0.15) is 11.3 Å². The molecular weight excluding hydrogens is 164 g/mol. The quantitative estimate of drug-likeness (QED) is 0.647. The summed E-state index contributed by atoms with van der Waals surface area (Å²) in [6.45, 7) is 0. The van der Waals surface area contributed by atoms with Crippen LogP contribution in [-0.4, -0.2) is 0 Å². The zero-order valence-corrected chi connectivity index (χ0v) is 7.76. The minimum atomic E-state index is 0.730. The van der Waals surface area contributed by atoms with Crippen molar-refractivity contribution in [3.63, 3.8) is 0 Å². The first-order chi connectivity index (χ1) is 5.95. The van der Waals surface area contributed by atoms with Crippen LogP contribution in [0, 0.1) is 5.92 Å². The summed E-state index contributed by atoms with van der Waals surface area (Å²) in [6.07, 6.45) is 11.2. The molecule has 1 aromatic heterocycles. The van der Waals surface area contributed by atoms with Crippen molar-refractivity contribution in [3.8, 4) is 0 Å². The number of hydrogen-bond acceptors (Lipinski definition) is 1. The Morgan fingerprint density at radius 2 is 2.42 bits per heavy atom. The van der Waals surface area contributed by atoms with Crippen LogP contribution >= 0.6 is 11.3 Å². The Morgan fingerprint density at radius 1 is 1.42 bits per heavy atom. The fourth-order valence-electron chi connectivity index (χ4n) is 1.47. The third-order valence-electron chi connectivity index (χ3n) is 2.11. The molecule has 1 heteroatoms. The Balaban J connectivity index is 1.96. The first-order valence-corrected chi connectivity index (χ1v) is 5.19. The molecule has 0 fully saturated rings. The van der Waals surface area contributed by atoms with Gasteiger partial charge in [0.05, 0.1) is 0 Å². The second-order valence-electron chi connectivity index (χ2n) is 3.09. The summed E-state index contributed by atoms with van der Waals surface area (Å²) in [5, 5.41) is 2.15. The van der Waals surface area contributed by atoms with Gasteiger partial charge in [0.2, 0.25) is 0 Å². The summed E-state index contributed by atoms with van der Waals surface area (Å²) in [6, 6.07) is 4.35. The van der Waals surface area contributed by atoms with Crippen LogP contribution in [0.3, 0.4) is 0 Å². The molecule has 62 valence electrons. The van der Waals surface area contributed by atoms with Gasteiger partial charge in [0, 0.05) is 4.88 Å². The summed E-state index contributed by atoms with van der Waals surface area (Å²) >= 11 is 1.86. The third kappa shape index (κ3) is 1.86. The third-order valence-corrected chi connectivity index (χ3v) is 3.01. The normalized spacial score (nSPS) is 21.5. The highest BCUT2D eigenvalue weighted by atomic mass is 32.1. The van der Waals surface area contributed by atoms with E-state index >= 15 is 0 Å². The van der Waals surface area contributed by atoms with E-state index in [-0.39, 0.29) is 0 Å². The van der Waals surface area contributed by atoms with Gasteiger partial charge in [0.15, 0.2) is 0 Å². The zero-order chi connectivity index (χ0) is 8.23. The van der Waals surface area contributed by atoms with Gasteiger partial charge >= 0.3 is 0 Å². The van der Waals surface area contributed by atoms with Crippen molar-refractivity contribution < 1.29 is 0 Å². The van der Waals surface area contributed by atoms with Crippen LogP contribution in [0.25, 0.3) is 0 Å². The number of thiophene rings is 1. The lowest BCUT2D eigenvalue weighted by atomic mass is 9.97. The average Bonchev–Trinajstić information content (AvgIpc) is 2.59.